The van der Waals surface area contributed by atoms with Crippen molar-refractivity contribution in [1.82, 2.24) is 0 Å². The molecule has 1 heterocycles. The zero-order valence-electron chi connectivity index (χ0n) is 17.5. The second-order valence-corrected chi connectivity index (χ2v) is 9.41. The molecule has 0 amide bonds. The Morgan fingerprint density at radius 3 is 1.84 bits per heavy atom. The minimum absolute atomic E-state index is 1.05. The third-order valence-corrected chi connectivity index (χ3v) is 7.06. The molecule has 1 aromatic heterocycles. The molecule has 0 aliphatic heterocycles. The summed E-state index contributed by atoms with van der Waals surface area (Å²) in [6.45, 7) is 4.25. The van der Waals surface area contributed by atoms with Crippen molar-refractivity contribution >= 4 is 53.1 Å². The number of thiophene rings is 1. The van der Waals surface area contributed by atoms with Crippen molar-refractivity contribution in [1.29, 1.82) is 0 Å². The van der Waals surface area contributed by atoms with Gasteiger partial charge in [0.15, 0.2) is 0 Å². The summed E-state index contributed by atoms with van der Waals surface area (Å²) in [6.07, 6.45) is 0. The van der Waals surface area contributed by atoms with E-state index >= 15 is 0 Å². The van der Waals surface area contributed by atoms with E-state index in [1.54, 1.807) is 0 Å². The van der Waals surface area contributed by atoms with Gasteiger partial charge in [-0.1, -0.05) is 59.4 Å². The monoisotopic (exact) mass is 412 g/mol. The number of benzene rings is 5. The van der Waals surface area contributed by atoms with Crippen molar-refractivity contribution in [3.05, 3.63) is 107 Å². The first-order chi connectivity index (χ1) is 15.1. The Bertz CT molecular complexity index is 1690. The Kier molecular flexibility index (Phi) is 4.10. The van der Waals surface area contributed by atoms with Crippen molar-refractivity contribution in [3.8, 4) is 11.8 Å². The van der Waals surface area contributed by atoms with E-state index in [1.165, 1.54) is 52.8 Å². The number of hydrogen-bond acceptors (Lipinski definition) is 1. The molecule has 0 unspecified atom stereocenters. The first-order valence-corrected chi connectivity index (χ1v) is 11.3. The minimum atomic E-state index is 1.05. The van der Waals surface area contributed by atoms with E-state index in [1.807, 2.05) is 11.3 Å². The van der Waals surface area contributed by atoms with Gasteiger partial charge in [0.1, 0.15) is 0 Å². The van der Waals surface area contributed by atoms with Crippen molar-refractivity contribution < 1.29 is 0 Å². The van der Waals surface area contributed by atoms with E-state index in [2.05, 4.69) is 111 Å². The molecule has 0 nitrogen and oxygen atoms in total. The van der Waals surface area contributed by atoms with E-state index in [0.717, 1.165) is 11.1 Å². The Balaban J connectivity index is 1.49. The highest BCUT2D eigenvalue weighted by molar-refractivity contribution is 7.26. The number of fused-ring (bicyclic) bond motifs is 5. The Morgan fingerprint density at radius 1 is 0.484 bits per heavy atom. The van der Waals surface area contributed by atoms with Crippen LogP contribution in [0.25, 0.3) is 41.7 Å². The first kappa shape index (κ1) is 18.2. The van der Waals surface area contributed by atoms with Gasteiger partial charge in [0.2, 0.25) is 0 Å². The molecule has 1 heteroatoms. The number of hydrogen-bond donors (Lipinski definition) is 0. The lowest BCUT2D eigenvalue weighted by atomic mass is 10.0. The lowest BCUT2D eigenvalue weighted by Crippen LogP contribution is -1.79. The lowest BCUT2D eigenvalue weighted by Gasteiger charge is -2.02. The molecule has 6 aromatic rings. The van der Waals surface area contributed by atoms with Gasteiger partial charge in [-0.15, -0.1) is 11.3 Å². The molecule has 0 aliphatic rings. The summed E-state index contributed by atoms with van der Waals surface area (Å²) in [6, 6.07) is 30.9. The Labute approximate surface area is 185 Å². The van der Waals surface area contributed by atoms with Gasteiger partial charge in [-0.3, -0.25) is 0 Å². The highest BCUT2D eigenvalue weighted by Crippen LogP contribution is 2.38. The third-order valence-electron chi connectivity index (χ3n) is 5.95. The van der Waals surface area contributed by atoms with Gasteiger partial charge in [0.25, 0.3) is 0 Å². The topological polar surface area (TPSA) is 0 Å². The van der Waals surface area contributed by atoms with Crippen LogP contribution < -0.4 is 0 Å². The predicted octanol–water partition coefficient (Wildman–Crippen LogP) is 8.38. The van der Waals surface area contributed by atoms with Crippen molar-refractivity contribution in [2.24, 2.45) is 0 Å². The molecular formula is C30H20S. The maximum absolute atomic E-state index is 3.33. The van der Waals surface area contributed by atoms with Gasteiger partial charge in [-0.05, 0) is 83.9 Å². The molecule has 0 radical (unpaired) electrons. The van der Waals surface area contributed by atoms with Crippen LogP contribution in [0.2, 0.25) is 0 Å². The fourth-order valence-electron chi connectivity index (χ4n) is 4.24. The highest BCUT2D eigenvalue weighted by Gasteiger charge is 2.09. The van der Waals surface area contributed by atoms with Crippen LogP contribution >= 0.6 is 11.3 Å². The summed E-state index contributed by atoms with van der Waals surface area (Å²) in [7, 11) is 0. The molecule has 0 fully saturated rings. The van der Waals surface area contributed by atoms with E-state index < -0.39 is 0 Å². The second-order valence-electron chi connectivity index (χ2n) is 8.33. The molecule has 6 rings (SSSR count). The summed E-state index contributed by atoms with van der Waals surface area (Å²) in [5, 5.41) is 7.82. The average Bonchev–Trinajstić information content (AvgIpc) is 3.11. The van der Waals surface area contributed by atoms with E-state index in [0.29, 0.717) is 0 Å². The van der Waals surface area contributed by atoms with Crippen LogP contribution in [-0.2, 0) is 0 Å². The van der Waals surface area contributed by atoms with E-state index in [-0.39, 0.29) is 0 Å². The van der Waals surface area contributed by atoms with Gasteiger partial charge >= 0.3 is 0 Å². The minimum Gasteiger partial charge on any atom is -0.135 e. The number of rotatable bonds is 0. The quantitative estimate of drug-likeness (QED) is 0.220. The molecule has 0 saturated carbocycles. The van der Waals surface area contributed by atoms with Crippen LogP contribution in [0.4, 0.5) is 0 Å². The second kappa shape index (κ2) is 6.98. The van der Waals surface area contributed by atoms with Gasteiger partial charge in [0, 0.05) is 31.3 Å². The van der Waals surface area contributed by atoms with Crippen LogP contribution in [0.5, 0.6) is 0 Å². The Morgan fingerprint density at radius 2 is 1.03 bits per heavy atom. The largest absolute Gasteiger partial charge is 0.135 e. The van der Waals surface area contributed by atoms with Crippen molar-refractivity contribution in [2.45, 2.75) is 13.8 Å². The fraction of sp³-hybridized carbons (Fsp3) is 0.0667. The third kappa shape index (κ3) is 3.26. The molecule has 0 aliphatic carbocycles. The maximum atomic E-state index is 3.33. The summed E-state index contributed by atoms with van der Waals surface area (Å²) in [4.78, 5) is 0. The molecule has 146 valence electrons. The van der Waals surface area contributed by atoms with Crippen LogP contribution in [-0.4, -0.2) is 0 Å². The van der Waals surface area contributed by atoms with Gasteiger partial charge in [-0.2, -0.15) is 0 Å². The van der Waals surface area contributed by atoms with Crippen LogP contribution in [0, 0.1) is 25.7 Å². The molecule has 5 aromatic carbocycles. The first-order valence-electron chi connectivity index (χ1n) is 10.5. The van der Waals surface area contributed by atoms with Gasteiger partial charge < -0.3 is 0 Å². The summed E-state index contributed by atoms with van der Waals surface area (Å²) < 4.78 is 2.68. The van der Waals surface area contributed by atoms with Gasteiger partial charge in [0.05, 0.1) is 0 Å². The Hall–Kier alpha value is -3.60. The molecule has 0 saturated heterocycles. The molecular weight excluding hydrogens is 392 g/mol. The predicted molar refractivity (Wildman–Crippen MR) is 136 cm³/mol. The lowest BCUT2D eigenvalue weighted by molar-refractivity contribution is 1.46. The van der Waals surface area contributed by atoms with Gasteiger partial charge in [-0.25, -0.2) is 0 Å². The normalized spacial score (nSPS) is 11.3. The summed E-state index contributed by atoms with van der Waals surface area (Å²) in [5.74, 6) is 6.61. The van der Waals surface area contributed by atoms with E-state index in [9.17, 15) is 0 Å². The number of aryl methyl sites for hydroxylation is 2. The molecule has 0 spiro atoms. The summed E-state index contributed by atoms with van der Waals surface area (Å²) in [5.41, 5.74) is 4.66. The van der Waals surface area contributed by atoms with Crippen molar-refractivity contribution in [2.75, 3.05) is 0 Å². The molecule has 0 bridgehead atoms. The average molecular weight is 413 g/mol. The van der Waals surface area contributed by atoms with Crippen LogP contribution in [0.1, 0.15) is 22.3 Å². The summed E-state index contributed by atoms with van der Waals surface area (Å²) >= 11 is 1.88. The zero-order chi connectivity index (χ0) is 20.9. The van der Waals surface area contributed by atoms with Crippen molar-refractivity contribution in [3.63, 3.8) is 0 Å². The molecule has 0 atom stereocenters. The maximum Gasteiger partial charge on any atom is 0.0361 e. The standard InChI is InChI=1S/C30H20S/c1-19-3-6-21(7-4-19)8-9-22-10-12-23-15-27-28-16-25-13-20(2)5-11-24(25)17-29(28)31-30(27)18-26(23)14-22/h3-7,10-18H,1-2H3. The van der Waals surface area contributed by atoms with Crippen LogP contribution in [0.3, 0.4) is 0 Å². The smallest absolute Gasteiger partial charge is 0.0361 e. The molecule has 31 heavy (non-hydrogen) atoms. The van der Waals surface area contributed by atoms with E-state index in [4.69, 9.17) is 0 Å². The SMILES string of the molecule is Cc1ccc(C#Cc2ccc3cc4c(cc3c2)sc2cc3ccc(C)cc3cc24)cc1. The zero-order valence-corrected chi connectivity index (χ0v) is 18.3. The van der Waals surface area contributed by atoms with Crippen LogP contribution in [0.15, 0.2) is 84.9 Å². The molecule has 0 N–H and O–H groups in total. The highest BCUT2D eigenvalue weighted by atomic mass is 32.1. The fourth-order valence-corrected chi connectivity index (χ4v) is 5.41.